The van der Waals surface area contributed by atoms with E-state index in [0.717, 1.165) is 23.9 Å². The summed E-state index contributed by atoms with van der Waals surface area (Å²) in [4.78, 5) is 12.5. The third kappa shape index (κ3) is 5.22. The zero-order valence-electron chi connectivity index (χ0n) is 13.8. The number of alkyl halides is 3. The van der Waals surface area contributed by atoms with Crippen LogP contribution in [0.3, 0.4) is 0 Å². The second-order valence-corrected chi connectivity index (χ2v) is 6.51. The van der Waals surface area contributed by atoms with Gasteiger partial charge < -0.3 is 14.8 Å². The minimum absolute atomic E-state index is 0.0740. The maximum Gasteiger partial charge on any atom is 0.416 e. The lowest BCUT2D eigenvalue weighted by molar-refractivity contribution is -0.137. The quantitative estimate of drug-likeness (QED) is 0.679. The van der Waals surface area contributed by atoms with Gasteiger partial charge in [0.2, 0.25) is 5.91 Å². The highest BCUT2D eigenvalue weighted by molar-refractivity contribution is 8.00. The van der Waals surface area contributed by atoms with Crippen LogP contribution in [0.4, 0.5) is 18.9 Å². The van der Waals surface area contributed by atoms with E-state index in [2.05, 4.69) is 5.32 Å². The minimum Gasteiger partial charge on any atom is -0.495 e. The number of benzene rings is 2. The van der Waals surface area contributed by atoms with E-state index in [9.17, 15) is 18.0 Å². The van der Waals surface area contributed by atoms with E-state index >= 15 is 0 Å². The van der Waals surface area contributed by atoms with Crippen LogP contribution in [0.1, 0.15) is 5.56 Å². The molecule has 0 aromatic heterocycles. The Morgan fingerprint density at radius 1 is 1.15 bits per heavy atom. The number of amides is 1. The fraction of sp³-hybridized carbons (Fsp3) is 0.235. The number of ether oxygens (including phenoxy) is 2. The molecule has 4 nitrogen and oxygen atoms in total. The van der Waals surface area contributed by atoms with Gasteiger partial charge in [-0.1, -0.05) is 17.7 Å². The van der Waals surface area contributed by atoms with Crippen LogP contribution in [0.15, 0.2) is 41.3 Å². The Morgan fingerprint density at radius 2 is 1.85 bits per heavy atom. The molecule has 0 radical (unpaired) electrons. The van der Waals surface area contributed by atoms with Crippen molar-refractivity contribution in [2.24, 2.45) is 0 Å². The van der Waals surface area contributed by atoms with Crippen LogP contribution in [0, 0.1) is 0 Å². The highest BCUT2D eigenvalue weighted by Gasteiger charge is 2.30. The maximum absolute atomic E-state index is 12.7. The van der Waals surface area contributed by atoms with Crippen LogP contribution in [-0.2, 0) is 11.0 Å². The number of halogens is 4. The SMILES string of the molecule is COc1cc(NC(=O)CSc2cccc(C(F)(F)F)c2)c(OC)cc1Cl. The van der Waals surface area contributed by atoms with Gasteiger partial charge in [-0.15, -0.1) is 11.8 Å². The molecular weight excluding hydrogens is 391 g/mol. The average Bonchev–Trinajstić information content (AvgIpc) is 2.60. The zero-order chi connectivity index (χ0) is 19.3. The van der Waals surface area contributed by atoms with Crippen LogP contribution in [0.25, 0.3) is 0 Å². The molecular formula is C17H15ClF3NO3S. The van der Waals surface area contributed by atoms with Gasteiger partial charge in [0.1, 0.15) is 11.5 Å². The number of carbonyl (C=O) groups is 1. The van der Waals surface area contributed by atoms with Crippen LogP contribution in [0.5, 0.6) is 11.5 Å². The van der Waals surface area contributed by atoms with Gasteiger partial charge in [0.25, 0.3) is 0 Å². The summed E-state index contributed by atoms with van der Waals surface area (Å²) in [6, 6.07) is 7.80. The van der Waals surface area contributed by atoms with Crippen molar-refractivity contribution in [1.29, 1.82) is 0 Å². The monoisotopic (exact) mass is 405 g/mol. The largest absolute Gasteiger partial charge is 0.495 e. The third-order valence-corrected chi connectivity index (χ3v) is 4.57. The summed E-state index contributed by atoms with van der Waals surface area (Å²) in [7, 11) is 2.86. The Labute approximate surface area is 157 Å². The number of rotatable bonds is 6. The predicted octanol–water partition coefficient (Wildman–Crippen LogP) is 5.11. The molecule has 1 N–H and O–H groups in total. The first-order chi connectivity index (χ1) is 12.2. The summed E-state index contributed by atoms with van der Waals surface area (Å²) < 4.78 is 48.4. The maximum atomic E-state index is 12.7. The fourth-order valence-electron chi connectivity index (χ4n) is 2.06. The number of anilines is 1. The first kappa shape index (κ1) is 20.3. The Morgan fingerprint density at radius 3 is 2.46 bits per heavy atom. The molecule has 0 aliphatic carbocycles. The van der Waals surface area contributed by atoms with Gasteiger partial charge in [0.15, 0.2) is 0 Å². The van der Waals surface area contributed by atoms with Crippen LogP contribution >= 0.6 is 23.4 Å². The lowest BCUT2D eigenvalue weighted by Crippen LogP contribution is -2.15. The minimum atomic E-state index is -4.42. The van der Waals surface area contributed by atoms with E-state index in [1.807, 2.05) is 0 Å². The van der Waals surface area contributed by atoms with Gasteiger partial charge in [0.05, 0.1) is 36.2 Å². The summed E-state index contributed by atoms with van der Waals surface area (Å²) >= 11 is 6.99. The molecule has 0 fully saturated rings. The molecule has 0 saturated heterocycles. The summed E-state index contributed by atoms with van der Waals surface area (Å²) in [5, 5.41) is 2.95. The molecule has 140 valence electrons. The molecule has 0 heterocycles. The second-order valence-electron chi connectivity index (χ2n) is 5.05. The Hall–Kier alpha value is -2.06. The second kappa shape index (κ2) is 8.55. The molecule has 2 aromatic rings. The smallest absolute Gasteiger partial charge is 0.416 e. The number of carbonyl (C=O) groups excluding carboxylic acids is 1. The van der Waals surface area contributed by atoms with E-state index in [4.69, 9.17) is 21.1 Å². The van der Waals surface area contributed by atoms with Crippen LogP contribution in [0.2, 0.25) is 5.02 Å². The van der Waals surface area contributed by atoms with Crippen molar-refractivity contribution in [2.75, 3.05) is 25.3 Å². The number of nitrogens with one attached hydrogen (secondary N) is 1. The summed E-state index contributed by atoms with van der Waals surface area (Å²) in [6.45, 7) is 0. The Balaban J connectivity index is 2.06. The van der Waals surface area contributed by atoms with Crippen molar-refractivity contribution < 1.29 is 27.4 Å². The summed E-state index contributed by atoms with van der Waals surface area (Å²) in [5.74, 6) is 0.215. The molecule has 0 atom stereocenters. The van der Waals surface area contributed by atoms with Gasteiger partial charge in [-0.25, -0.2) is 0 Å². The van der Waals surface area contributed by atoms with E-state index in [1.165, 1.54) is 38.5 Å². The topological polar surface area (TPSA) is 47.6 Å². The fourth-order valence-corrected chi connectivity index (χ4v) is 3.04. The van der Waals surface area contributed by atoms with Gasteiger partial charge in [-0.05, 0) is 18.2 Å². The van der Waals surface area contributed by atoms with E-state index in [-0.39, 0.29) is 5.75 Å². The molecule has 0 saturated carbocycles. The molecule has 2 aromatic carbocycles. The molecule has 0 bridgehead atoms. The van der Waals surface area contributed by atoms with Gasteiger partial charge in [-0.2, -0.15) is 13.2 Å². The number of hydrogen-bond donors (Lipinski definition) is 1. The number of methoxy groups -OCH3 is 2. The Kier molecular flexibility index (Phi) is 6.66. The van der Waals surface area contributed by atoms with E-state index in [1.54, 1.807) is 0 Å². The standard InChI is InChI=1S/C17H15ClF3NO3S/c1-24-14-8-13(15(25-2)7-12(14)18)22-16(23)9-26-11-5-3-4-10(6-11)17(19,20)21/h3-8H,9H2,1-2H3,(H,22,23). The highest BCUT2D eigenvalue weighted by atomic mass is 35.5. The molecule has 1 amide bonds. The van der Waals surface area contributed by atoms with Crippen molar-refractivity contribution in [2.45, 2.75) is 11.1 Å². The summed E-state index contributed by atoms with van der Waals surface area (Å²) in [6.07, 6.45) is -4.42. The molecule has 26 heavy (non-hydrogen) atoms. The lowest BCUT2D eigenvalue weighted by atomic mass is 10.2. The first-order valence-electron chi connectivity index (χ1n) is 7.26. The van der Waals surface area contributed by atoms with Crippen molar-refractivity contribution in [3.8, 4) is 11.5 Å². The predicted molar refractivity (Wildman–Crippen MR) is 95.4 cm³/mol. The van der Waals surface area contributed by atoms with Crippen molar-refractivity contribution in [1.82, 2.24) is 0 Å². The normalized spacial score (nSPS) is 11.2. The van der Waals surface area contributed by atoms with Crippen LogP contribution < -0.4 is 14.8 Å². The van der Waals surface area contributed by atoms with Gasteiger partial charge >= 0.3 is 6.18 Å². The van der Waals surface area contributed by atoms with Gasteiger partial charge in [0, 0.05) is 17.0 Å². The molecule has 0 aliphatic rings. The van der Waals surface area contributed by atoms with E-state index in [0.29, 0.717) is 27.1 Å². The zero-order valence-corrected chi connectivity index (χ0v) is 15.4. The van der Waals surface area contributed by atoms with Crippen LogP contribution in [-0.4, -0.2) is 25.9 Å². The molecule has 0 unspecified atom stereocenters. The molecule has 0 spiro atoms. The first-order valence-corrected chi connectivity index (χ1v) is 8.62. The number of hydrogen-bond acceptors (Lipinski definition) is 4. The average molecular weight is 406 g/mol. The summed E-state index contributed by atoms with van der Waals surface area (Å²) in [5.41, 5.74) is -0.407. The third-order valence-electron chi connectivity index (χ3n) is 3.28. The van der Waals surface area contributed by atoms with Crippen molar-refractivity contribution in [3.05, 3.63) is 47.0 Å². The molecule has 9 heteroatoms. The van der Waals surface area contributed by atoms with Crippen molar-refractivity contribution >= 4 is 35.0 Å². The van der Waals surface area contributed by atoms with E-state index < -0.39 is 17.6 Å². The van der Waals surface area contributed by atoms with Gasteiger partial charge in [-0.3, -0.25) is 4.79 Å². The number of thioether (sulfide) groups is 1. The molecule has 0 aliphatic heterocycles. The van der Waals surface area contributed by atoms with Crippen molar-refractivity contribution in [3.63, 3.8) is 0 Å². The highest BCUT2D eigenvalue weighted by Crippen LogP contribution is 2.36. The lowest BCUT2D eigenvalue weighted by Gasteiger charge is -2.13. The molecule has 2 rings (SSSR count). The Bertz CT molecular complexity index is 799.